The van der Waals surface area contributed by atoms with Crippen molar-refractivity contribution < 1.29 is 28.5 Å². The first-order valence-electron chi connectivity index (χ1n) is 10.7. The fourth-order valence-electron chi connectivity index (χ4n) is 3.80. The molecule has 0 amide bonds. The number of ether oxygens (including phenoxy) is 5. The average Bonchev–Trinajstić information content (AvgIpc) is 2.84. The van der Waals surface area contributed by atoms with Crippen LogP contribution in [0.15, 0.2) is 36.4 Å². The molecule has 7 heteroatoms. The van der Waals surface area contributed by atoms with Crippen LogP contribution in [0.4, 0.5) is 0 Å². The third-order valence-electron chi connectivity index (χ3n) is 5.45. The molecule has 0 unspecified atom stereocenters. The lowest BCUT2D eigenvalue weighted by atomic mass is 9.96. The van der Waals surface area contributed by atoms with Crippen LogP contribution in [-0.2, 0) is 16.0 Å². The summed E-state index contributed by atoms with van der Waals surface area (Å²) in [5.74, 6) is 2.51. The molecule has 0 aliphatic carbocycles. The van der Waals surface area contributed by atoms with E-state index in [0.717, 1.165) is 30.5 Å². The number of carbonyl (C=O) groups is 1. The van der Waals surface area contributed by atoms with Crippen molar-refractivity contribution in [3.8, 4) is 23.0 Å². The molecule has 32 heavy (non-hydrogen) atoms. The topological polar surface area (TPSA) is 66.5 Å². The van der Waals surface area contributed by atoms with Crippen LogP contribution in [0.3, 0.4) is 0 Å². The maximum Gasteiger partial charge on any atom is 0.306 e. The highest BCUT2D eigenvalue weighted by atomic mass is 16.5. The van der Waals surface area contributed by atoms with Gasteiger partial charge in [-0.2, -0.15) is 0 Å². The number of hydrogen-bond acceptors (Lipinski definition) is 7. The first-order chi connectivity index (χ1) is 15.5. The molecule has 0 aliphatic rings. The maximum absolute atomic E-state index is 11.9. The van der Waals surface area contributed by atoms with E-state index in [1.165, 1.54) is 7.11 Å². The van der Waals surface area contributed by atoms with Gasteiger partial charge in [-0.1, -0.05) is 19.1 Å². The molecule has 0 aromatic heterocycles. The Morgan fingerprint density at radius 2 is 1.41 bits per heavy atom. The van der Waals surface area contributed by atoms with Crippen molar-refractivity contribution in [1.29, 1.82) is 0 Å². The maximum atomic E-state index is 11.9. The van der Waals surface area contributed by atoms with Gasteiger partial charge in [0.25, 0.3) is 0 Å². The zero-order chi connectivity index (χ0) is 23.5. The lowest BCUT2D eigenvalue weighted by Crippen LogP contribution is -2.33. The van der Waals surface area contributed by atoms with Crippen molar-refractivity contribution in [3.63, 3.8) is 0 Å². The van der Waals surface area contributed by atoms with Gasteiger partial charge >= 0.3 is 5.97 Å². The molecule has 176 valence electrons. The summed E-state index contributed by atoms with van der Waals surface area (Å²) in [4.78, 5) is 14.2. The second kappa shape index (κ2) is 12.8. The van der Waals surface area contributed by atoms with Crippen LogP contribution in [0, 0.1) is 0 Å². The van der Waals surface area contributed by atoms with E-state index in [1.807, 2.05) is 36.4 Å². The molecule has 0 fully saturated rings. The molecular formula is C25H35NO6. The lowest BCUT2D eigenvalue weighted by Gasteiger charge is -2.32. The minimum absolute atomic E-state index is 0.0116. The van der Waals surface area contributed by atoms with E-state index in [-0.39, 0.29) is 12.0 Å². The minimum atomic E-state index is -0.219. The van der Waals surface area contributed by atoms with Crippen molar-refractivity contribution in [2.45, 2.75) is 32.2 Å². The Morgan fingerprint density at radius 1 is 0.812 bits per heavy atom. The molecule has 7 nitrogen and oxygen atoms in total. The number of rotatable bonds is 13. The smallest absolute Gasteiger partial charge is 0.306 e. The lowest BCUT2D eigenvalue weighted by molar-refractivity contribution is -0.141. The molecule has 0 N–H and O–H groups in total. The van der Waals surface area contributed by atoms with Gasteiger partial charge in [-0.25, -0.2) is 0 Å². The fraction of sp³-hybridized carbons (Fsp3) is 0.480. The van der Waals surface area contributed by atoms with Crippen molar-refractivity contribution in [2.75, 3.05) is 48.6 Å². The van der Waals surface area contributed by atoms with Crippen LogP contribution in [0.5, 0.6) is 23.0 Å². The van der Waals surface area contributed by atoms with E-state index in [1.54, 1.807) is 28.4 Å². The van der Waals surface area contributed by atoms with Crippen molar-refractivity contribution in [2.24, 2.45) is 0 Å². The van der Waals surface area contributed by atoms with Gasteiger partial charge in [-0.05, 0) is 54.8 Å². The normalized spacial score (nSPS) is 11.7. The molecule has 2 aromatic carbocycles. The Morgan fingerprint density at radius 3 is 1.97 bits per heavy atom. The van der Waals surface area contributed by atoms with E-state index >= 15 is 0 Å². The summed E-state index contributed by atoms with van der Waals surface area (Å²) in [6, 6.07) is 11.9. The summed E-state index contributed by atoms with van der Waals surface area (Å²) in [5, 5.41) is 0. The van der Waals surface area contributed by atoms with Crippen LogP contribution in [0.25, 0.3) is 0 Å². The van der Waals surface area contributed by atoms with Crippen LogP contribution in [0.1, 0.15) is 36.9 Å². The highest BCUT2D eigenvalue weighted by Crippen LogP contribution is 2.35. The minimum Gasteiger partial charge on any atom is -0.493 e. The quantitative estimate of drug-likeness (QED) is 0.426. The number of benzene rings is 2. The summed E-state index contributed by atoms with van der Waals surface area (Å²) >= 11 is 0. The van der Waals surface area contributed by atoms with Gasteiger partial charge in [0.15, 0.2) is 23.0 Å². The number of esters is 1. The molecule has 2 aromatic rings. The fourth-order valence-corrected chi connectivity index (χ4v) is 3.80. The first-order valence-corrected chi connectivity index (χ1v) is 10.7. The molecular weight excluding hydrogens is 410 g/mol. The van der Waals surface area contributed by atoms with Gasteiger partial charge in [0.2, 0.25) is 0 Å². The second-order valence-corrected chi connectivity index (χ2v) is 7.39. The Hall–Kier alpha value is -2.93. The Kier molecular flexibility index (Phi) is 10.1. The molecule has 2 rings (SSSR count). The molecule has 0 aliphatic heterocycles. The molecule has 0 spiro atoms. The zero-order valence-electron chi connectivity index (χ0n) is 20.0. The number of nitrogens with zero attached hydrogens (tertiary/aromatic N) is 1. The second-order valence-electron chi connectivity index (χ2n) is 7.39. The van der Waals surface area contributed by atoms with Gasteiger partial charge in [0.1, 0.15) is 0 Å². The van der Waals surface area contributed by atoms with Gasteiger partial charge in [0.05, 0.1) is 42.0 Å². The summed E-state index contributed by atoms with van der Waals surface area (Å²) in [5.41, 5.74) is 2.18. The summed E-state index contributed by atoms with van der Waals surface area (Å²) in [6.07, 6.45) is 2.00. The standard InChI is InChI=1S/C25H35NO6/c1-7-13-26(14-12-25(27)32-6)20(19-9-11-22(29-3)24(17-19)31-5)15-18-8-10-21(28-2)23(16-18)30-4/h8-11,16-17,20H,7,12-15H2,1-6H3/t20-/m1/s1. The predicted molar refractivity (Wildman–Crippen MR) is 124 cm³/mol. The molecule has 1 atom stereocenters. The zero-order valence-corrected chi connectivity index (χ0v) is 20.0. The van der Waals surface area contributed by atoms with E-state index in [9.17, 15) is 4.79 Å². The van der Waals surface area contributed by atoms with E-state index in [4.69, 9.17) is 23.7 Å². The van der Waals surface area contributed by atoms with Gasteiger partial charge < -0.3 is 23.7 Å². The van der Waals surface area contributed by atoms with Crippen LogP contribution >= 0.6 is 0 Å². The Balaban J connectivity index is 2.46. The van der Waals surface area contributed by atoms with E-state index in [0.29, 0.717) is 36.0 Å². The van der Waals surface area contributed by atoms with Crippen molar-refractivity contribution in [1.82, 2.24) is 4.90 Å². The molecule has 0 radical (unpaired) electrons. The van der Waals surface area contributed by atoms with Crippen LogP contribution in [0.2, 0.25) is 0 Å². The van der Waals surface area contributed by atoms with Gasteiger partial charge in [-0.15, -0.1) is 0 Å². The monoisotopic (exact) mass is 445 g/mol. The van der Waals surface area contributed by atoms with Crippen LogP contribution < -0.4 is 18.9 Å². The summed E-state index contributed by atoms with van der Waals surface area (Å²) < 4.78 is 26.7. The number of methoxy groups -OCH3 is 5. The van der Waals surface area contributed by atoms with Crippen molar-refractivity contribution in [3.05, 3.63) is 47.5 Å². The number of carbonyl (C=O) groups excluding carboxylic acids is 1. The van der Waals surface area contributed by atoms with Crippen molar-refractivity contribution >= 4 is 5.97 Å². The molecule has 0 heterocycles. The third-order valence-corrected chi connectivity index (χ3v) is 5.45. The number of hydrogen-bond donors (Lipinski definition) is 0. The molecule has 0 saturated heterocycles. The average molecular weight is 446 g/mol. The van der Waals surface area contributed by atoms with E-state index in [2.05, 4.69) is 11.8 Å². The highest BCUT2D eigenvalue weighted by molar-refractivity contribution is 5.69. The molecule has 0 saturated carbocycles. The third kappa shape index (κ3) is 6.53. The van der Waals surface area contributed by atoms with Gasteiger partial charge in [0, 0.05) is 12.6 Å². The van der Waals surface area contributed by atoms with Crippen LogP contribution in [-0.4, -0.2) is 59.5 Å². The summed E-state index contributed by atoms with van der Waals surface area (Å²) in [7, 11) is 7.93. The molecule has 0 bridgehead atoms. The Bertz CT molecular complexity index is 870. The SMILES string of the molecule is CCCN(CCC(=O)OC)[C@H](Cc1ccc(OC)c(OC)c1)c1ccc(OC)c(OC)c1. The summed E-state index contributed by atoms with van der Waals surface area (Å²) in [6.45, 7) is 3.56. The predicted octanol–water partition coefficient (Wildman–Crippen LogP) is 4.28. The first kappa shape index (κ1) is 25.3. The van der Waals surface area contributed by atoms with E-state index < -0.39 is 0 Å². The largest absolute Gasteiger partial charge is 0.493 e. The van der Waals surface area contributed by atoms with Gasteiger partial charge in [-0.3, -0.25) is 9.69 Å². The Labute approximate surface area is 191 Å². The highest BCUT2D eigenvalue weighted by Gasteiger charge is 2.23.